The lowest BCUT2D eigenvalue weighted by Gasteiger charge is -2.16. The molecule has 148 valence electrons. The van der Waals surface area contributed by atoms with Crippen molar-refractivity contribution in [2.45, 2.75) is 25.6 Å². The van der Waals surface area contributed by atoms with E-state index in [4.69, 9.17) is 0 Å². The van der Waals surface area contributed by atoms with E-state index in [9.17, 15) is 22.8 Å². The fourth-order valence-corrected chi connectivity index (χ4v) is 2.89. The lowest BCUT2D eigenvalue weighted by molar-refractivity contribution is -0.153. The van der Waals surface area contributed by atoms with Gasteiger partial charge in [0.2, 0.25) is 5.91 Å². The fraction of sp³-hybridized carbons (Fsp3) is 0.300. The van der Waals surface area contributed by atoms with Gasteiger partial charge < -0.3 is 15.0 Å². The van der Waals surface area contributed by atoms with E-state index in [2.05, 4.69) is 10.1 Å². The van der Waals surface area contributed by atoms with Gasteiger partial charge in [0.1, 0.15) is 5.75 Å². The maximum Gasteiger partial charge on any atom is 0.422 e. The zero-order valence-corrected chi connectivity index (χ0v) is 15.0. The summed E-state index contributed by atoms with van der Waals surface area (Å²) in [7, 11) is 0. The van der Waals surface area contributed by atoms with Gasteiger partial charge in [0.15, 0.2) is 6.61 Å². The summed E-state index contributed by atoms with van der Waals surface area (Å²) in [6, 6.07) is 12.9. The number of anilines is 1. The molecule has 1 saturated heterocycles. The molecular formula is C20H19F3N2O3. The first-order valence-corrected chi connectivity index (χ1v) is 8.79. The monoisotopic (exact) mass is 392 g/mol. The van der Waals surface area contributed by atoms with Crippen LogP contribution in [0.1, 0.15) is 28.8 Å². The van der Waals surface area contributed by atoms with Crippen LogP contribution in [-0.4, -0.2) is 31.1 Å². The topological polar surface area (TPSA) is 58.6 Å². The molecule has 3 rings (SSSR count). The van der Waals surface area contributed by atoms with Crippen molar-refractivity contribution in [2.24, 2.45) is 0 Å². The first-order chi connectivity index (χ1) is 13.3. The number of rotatable bonds is 6. The molecule has 2 aromatic rings. The number of ether oxygens (including phenoxy) is 1. The highest BCUT2D eigenvalue weighted by molar-refractivity contribution is 5.99. The number of alkyl halides is 3. The molecule has 1 fully saturated rings. The van der Waals surface area contributed by atoms with E-state index in [1.165, 1.54) is 12.1 Å². The number of carbonyl (C=O) groups excluding carboxylic acids is 2. The lowest BCUT2D eigenvalue weighted by Crippen LogP contribution is -2.25. The quantitative estimate of drug-likeness (QED) is 0.816. The third kappa shape index (κ3) is 5.25. The molecule has 8 heteroatoms. The molecule has 1 aliphatic rings. The second kappa shape index (κ2) is 8.33. The molecule has 0 bridgehead atoms. The van der Waals surface area contributed by atoms with Crippen LogP contribution in [0.2, 0.25) is 0 Å². The van der Waals surface area contributed by atoms with Gasteiger partial charge in [-0.25, -0.2) is 0 Å². The average Bonchev–Trinajstić information content (AvgIpc) is 3.11. The van der Waals surface area contributed by atoms with Gasteiger partial charge in [-0.3, -0.25) is 9.59 Å². The van der Waals surface area contributed by atoms with Crippen LogP contribution in [0, 0.1) is 0 Å². The van der Waals surface area contributed by atoms with Gasteiger partial charge in [-0.2, -0.15) is 13.2 Å². The van der Waals surface area contributed by atoms with Gasteiger partial charge in [-0.15, -0.1) is 0 Å². The van der Waals surface area contributed by atoms with Crippen LogP contribution in [0.3, 0.4) is 0 Å². The van der Waals surface area contributed by atoms with Crippen LogP contribution in [-0.2, 0) is 11.3 Å². The van der Waals surface area contributed by atoms with Gasteiger partial charge in [0.05, 0.1) is 0 Å². The maximum atomic E-state index is 12.4. The van der Waals surface area contributed by atoms with Gasteiger partial charge in [0, 0.05) is 30.8 Å². The van der Waals surface area contributed by atoms with Crippen molar-refractivity contribution >= 4 is 17.5 Å². The molecule has 1 N–H and O–H groups in total. The Kier molecular flexibility index (Phi) is 5.87. The zero-order valence-electron chi connectivity index (χ0n) is 15.0. The highest BCUT2D eigenvalue weighted by atomic mass is 19.4. The summed E-state index contributed by atoms with van der Waals surface area (Å²) in [6.07, 6.45) is -3.07. The molecule has 0 radical (unpaired) electrons. The number of hydrogen-bond donors (Lipinski definition) is 1. The smallest absolute Gasteiger partial charge is 0.422 e. The minimum absolute atomic E-state index is 0.0467. The molecule has 5 nitrogen and oxygen atoms in total. The van der Waals surface area contributed by atoms with Crippen molar-refractivity contribution < 1.29 is 27.5 Å². The van der Waals surface area contributed by atoms with Crippen molar-refractivity contribution in [1.82, 2.24) is 5.32 Å². The van der Waals surface area contributed by atoms with Gasteiger partial charge in [0.25, 0.3) is 5.91 Å². The molecule has 0 saturated carbocycles. The standard InChI is InChI=1S/C20H19F3N2O3/c21-20(22,23)13-28-17-8-6-14(7-9-17)12-24-19(27)15-3-1-4-16(11-15)25-10-2-5-18(25)26/h1,3-4,6-9,11H,2,5,10,12-13H2,(H,24,27). The molecule has 0 aromatic heterocycles. The minimum Gasteiger partial charge on any atom is -0.484 e. The van der Waals surface area contributed by atoms with Crippen molar-refractivity contribution in [3.63, 3.8) is 0 Å². The molecule has 0 spiro atoms. The lowest BCUT2D eigenvalue weighted by atomic mass is 10.1. The Bertz CT molecular complexity index is 851. The minimum atomic E-state index is -4.39. The largest absolute Gasteiger partial charge is 0.484 e. The van der Waals surface area contributed by atoms with Crippen molar-refractivity contribution in [1.29, 1.82) is 0 Å². The number of nitrogens with one attached hydrogen (secondary N) is 1. The first-order valence-electron chi connectivity index (χ1n) is 8.79. The molecule has 0 aliphatic carbocycles. The maximum absolute atomic E-state index is 12.4. The molecular weight excluding hydrogens is 373 g/mol. The Hall–Kier alpha value is -3.03. The fourth-order valence-electron chi connectivity index (χ4n) is 2.89. The summed E-state index contributed by atoms with van der Waals surface area (Å²) < 4.78 is 41.1. The van der Waals surface area contributed by atoms with E-state index in [1.54, 1.807) is 41.3 Å². The Morgan fingerprint density at radius 2 is 1.89 bits per heavy atom. The van der Waals surface area contributed by atoms with E-state index in [0.29, 0.717) is 24.2 Å². The van der Waals surface area contributed by atoms with E-state index in [1.807, 2.05) is 0 Å². The van der Waals surface area contributed by atoms with Crippen LogP contribution in [0.15, 0.2) is 48.5 Å². The number of halogens is 3. The van der Waals surface area contributed by atoms with E-state index in [0.717, 1.165) is 12.0 Å². The predicted octanol–water partition coefficient (Wildman–Crippen LogP) is 3.68. The Balaban J connectivity index is 1.56. The molecule has 1 heterocycles. The van der Waals surface area contributed by atoms with Crippen LogP contribution in [0.5, 0.6) is 5.75 Å². The summed E-state index contributed by atoms with van der Waals surface area (Å²) in [4.78, 5) is 25.9. The van der Waals surface area contributed by atoms with Crippen LogP contribution >= 0.6 is 0 Å². The first kappa shape index (κ1) is 19.7. The van der Waals surface area contributed by atoms with Gasteiger partial charge in [-0.1, -0.05) is 18.2 Å². The number of hydrogen-bond acceptors (Lipinski definition) is 3. The Morgan fingerprint density at radius 1 is 1.14 bits per heavy atom. The van der Waals surface area contributed by atoms with E-state index >= 15 is 0 Å². The summed E-state index contributed by atoms with van der Waals surface area (Å²) >= 11 is 0. The summed E-state index contributed by atoms with van der Waals surface area (Å²) in [5.74, 6) is -0.147. The molecule has 0 unspecified atom stereocenters. The number of carbonyl (C=O) groups is 2. The summed E-state index contributed by atoms with van der Waals surface area (Å²) in [5, 5.41) is 2.76. The predicted molar refractivity (Wildman–Crippen MR) is 97.2 cm³/mol. The number of amides is 2. The highest BCUT2D eigenvalue weighted by Crippen LogP contribution is 2.22. The molecule has 28 heavy (non-hydrogen) atoms. The molecule has 2 amide bonds. The number of benzene rings is 2. The van der Waals surface area contributed by atoms with E-state index < -0.39 is 12.8 Å². The third-order valence-electron chi connectivity index (χ3n) is 4.27. The Morgan fingerprint density at radius 3 is 2.54 bits per heavy atom. The van der Waals surface area contributed by atoms with Gasteiger partial charge >= 0.3 is 6.18 Å². The molecule has 1 aliphatic heterocycles. The second-order valence-electron chi connectivity index (χ2n) is 6.43. The number of nitrogens with zero attached hydrogens (tertiary/aromatic N) is 1. The third-order valence-corrected chi connectivity index (χ3v) is 4.27. The molecule has 2 aromatic carbocycles. The van der Waals surface area contributed by atoms with Gasteiger partial charge in [-0.05, 0) is 42.3 Å². The van der Waals surface area contributed by atoms with Crippen LogP contribution < -0.4 is 15.0 Å². The Labute approximate surface area is 160 Å². The van der Waals surface area contributed by atoms with E-state index in [-0.39, 0.29) is 24.1 Å². The van der Waals surface area contributed by atoms with Crippen molar-refractivity contribution in [3.05, 3.63) is 59.7 Å². The summed E-state index contributed by atoms with van der Waals surface area (Å²) in [5.41, 5.74) is 1.85. The van der Waals surface area contributed by atoms with Crippen molar-refractivity contribution in [2.75, 3.05) is 18.1 Å². The average molecular weight is 392 g/mol. The highest BCUT2D eigenvalue weighted by Gasteiger charge is 2.28. The SMILES string of the molecule is O=C(NCc1ccc(OCC(F)(F)F)cc1)c1cccc(N2CCCC2=O)c1. The summed E-state index contributed by atoms with van der Waals surface area (Å²) in [6.45, 7) is -0.489. The van der Waals surface area contributed by atoms with Crippen LogP contribution in [0.25, 0.3) is 0 Å². The molecule has 0 atom stereocenters. The zero-order chi connectivity index (χ0) is 20.1. The normalized spacial score (nSPS) is 14.2. The second-order valence-corrected chi connectivity index (χ2v) is 6.43. The van der Waals surface area contributed by atoms with Crippen LogP contribution in [0.4, 0.5) is 18.9 Å². The van der Waals surface area contributed by atoms with Crippen molar-refractivity contribution in [3.8, 4) is 5.75 Å².